The maximum atomic E-state index is 13.4. The summed E-state index contributed by atoms with van der Waals surface area (Å²) in [5.41, 5.74) is 4.13. The average Bonchev–Trinajstić information content (AvgIpc) is 3.40. The molecule has 2 aromatic heterocycles. The van der Waals surface area contributed by atoms with Crippen LogP contribution < -0.4 is 0 Å². The first-order valence-corrected chi connectivity index (χ1v) is 10.8. The smallest absolute Gasteiger partial charge is 0.170 e. The van der Waals surface area contributed by atoms with Crippen LogP contribution in [0.25, 0.3) is 22.0 Å². The molecule has 0 spiro atoms. The van der Waals surface area contributed by atoms with Crippen molar-refractivity contribution in [2.45, 2.75) is 38.1 Å². The number of nitriles is 1. The number of hydrogen-bond acceptors (Lipinski definition) is 5. The Morgan fingerprint density at radius 2 is 1.94 bits per heavy atom. The van der Waals surface area contributed by atoms with Gasteiger partial charge in [0.2, 0.25) is 0 Å². The molecule has 0 bridgehead atoms. The molecule has 0 amide bonds. The Balaban J connectivity index is 1.11. The van der Waals surface area contributed by atoms with Gasteiger partial charge in [0.1, 0.15) is 5.82 Å². The second kappa shape index (κ2) is 8.48. The predicted molar refractivity (Wildman–Crippen MR) is 116 cm³/mol. The molecule has 5 rings (SSSR count). The van der Waals surface area contributed by atoms with Crippen LogP contribution in [0.1, 0.15) is 42.9 Å². The van der Waals surface area contributed by atoms with Gasteiger partial charge in [-0.2, -0.15) is 5.26 Å². The van der Waals surface area contributed by atoms with Crippen LogP contribution in [-0.4, -0.2) is 39.2 Å². The molecule has 0 atom stereocenters. The van der Waals surface area contributed by atoms with Crippen molar-refractivity contribution in [1.29, 1.82) is 5.26 Å². The molecule has 4 aromatic rings. The van der Waals surface area contributed by atoms with Gasteiger partial charge in [-0.05, 0) is 75.6 Å². The summed E-state index contributed by atoms with van der Waals surface area (Å²) in [4.78, 5) is 6.94. The van der Waals surface area contributed by atoms with Crippen LogP contribution in [-0.2, 0) is 6.54 Å². The van der Waals surface area contributed by atoms with Crippen molar-refractivity contribution in [3.8, 4) is 6.07 Å². The molecular weight excluding hydrogens is 393 g/mol. The molecule has 31 heavy (non-hydrogen) atoms. The van der Waals surface area contributed by atoms with E-state index in [1.54, 1.807) is 6.07 Å². The van der Waals surface area contributed by atoms with E-state index < -0.39 is 0 Å². The summed E-state index contributed by atoms with van der Waals surface area (Å²) in [6.45, 7) is 4.07. The average molecular weight is 417 g/mol. The van der Waals surface area contributed by atoms with E-state index in [4.69, 9.17) is 9.78 Å². The zero-order valence-corrected chi connectivity index (χ0v) is 17.3. The summed E-state index contributed by atoms with van der Waals surface area (Å²) < 4.78 is 20.9. The minimum atomic E-state index is -0.292. The number of rotatable bonds is 6. The molecule has 1 aliphatic heterocycles. The molecule has 1 saturated heterocycles. The predicted octanol–water partition coefficient (Wildman–Crippen LogP) is 4.85. The molecule has 1 aliphatic rings. The third-order valence-electron chi connectivity index (χ3n) is 6.31. The number of halogens is 1. The van der Waals surface area contributed by atoms with Gasteiger partial charge >= 0.3 is 0 Å². The summed E-state index contributed by atoms with van der Waals surface area (Å²) in [6, 6.07) is 12.5. The summed E-state index contributed by atoms with van der Waals surface area (Å²) >= 11 is 0. The van der Waals surface area contributed by atoms with E-state index in [1.807, 2.05) is 24.5 Å². The maximum Gasteiger partial charge on any atom is 0.170 e. The van der Waals surface area contributed by atoms with Crippen LogP contribution in [0.3, 0.4) is 0 Å². The zero-order valence-electron chi connectivity index (χ0n) is 17.3. The third-order valence-corrected chi connectivity index (χ3v) is 6.31. The number of benzene rings is 2. The summed E-state index contributed by atoms with van der Waals surface area (Å²) in [6.07, 6.45) is 6.14. The highest BCUT2D eigenvalue weighted by atomic mass is 19.1. The fraction of sp³-hybridized carbons (Fsp3) is 0.375. The SMILES string of the molecule is N#Cc1ccc2ncn(CCCCN3CCC(c4noc5cc(F)ccc45)CC3)c2c1. The van der Waals surface area contributed by atoms with Crippen LogP contribution >= 0.6 is 0 Å². The molecule has 6 nitrogen and oxygen atoms in total. The normalized spacial score (nSPS) is 15.6. The van der Waals surface area contributed by atoms with E-state index in [0.717, 1.165) is 74.0 Å². The van der Waals surface area contributed by atoms with Crippen molar-refractivity contribution < 1.29 is 8.91 Å². The van der Waals surface area contributed by atoms with Crippen molar-refractivity contribution in [2.24, 2.45) is 0 Å². The van der Waals surface area contributed by atoms with Gasteiger partial charge in [-0.25, -0.2) is 9.37 Å². The molecule has 7 heteroatoms. The van der Waals surface area contributed by atoms with Gasteiger partial charge in [-0.1, -0.05) is 5.16 Å². The lowest BCUT2D eigenvalue weighted by Gasteiger charge is -2.31. The monoisotopic (exact) mass is 417 g/mol. The highest BCUT2D eigenvalue weighted by Gasteiger charge is 2.24. The summed E-state index contributed by atoms with van der Waals surface area (Å²) in [7, 11) is 0. The van der Waals surface area contributed by atoms with Crippen molar-refractivity contribution in [2.75, 3.05) is 19.6 Å². The minimum absolute atomic E-state index is 0.292. The molecule has 158 valence electrons. The van der Waals surface area contributed by atoms with E-state index in [0.29, 0.717) is 17.1 Å². The van der Waals surface area contributed by atoms with Gasteiger partial charge in [0.05, 0.1) is 34.7 Å². The van der Waals surface area contributed by atoms with Gasteiger partial charge in [0.15, 0.2) is 5.58 Å². The second-order valence-electron chi connectivity index (χ2n) is 8.28. The Morgan fingerprint density at radius 1 is 1.10 bits per heavy atom. The number of aromatic nitrogens is 3. The number of piperidine rings is 1. The number of hydrogen-bond donors (Lipinski definition) is 0. The Labute approximate surface area is 179 Å². The number of nitrogens with zero attached hydrogens (tertiary/aromatic N) is 5. The van der Waals surface area contributed by atoms with E-state index in [9.17, 15) is 4.39 Å². The Bertz CT molecular complexity index is 1250. The van der Waals surface area contributed by atoms with E-state index in [1.165, 1.54) is 12.1 Å². The van der Waals surface area contributed by atoms with E-state index in [2.05, 4.69) is 25.7 Å². The van der Waals surface area contributed by atoms with Crippen molar-refractivity contribution in [3.05, 3.63) is 59.8 Å². The van der Waals surface area contributed by atoms with Crippen molar-refractivity contribution in [1.82, 2.24) is 19.6 Å². The highest BCUT2D eigenvalue weighted by Crippen LogP contribution is 2.32. The first-order chi connectivity index (χ1) is 15.2. The number of fused-ring (bicyclic) bond motifs is 2. The largest absolute Gasteiger partial charge is 0.356 e. The second-order valence-corrected chi connectivity index (χ2v) is 8.28. The fourth-order valence-corrected chi connectivity index (χ4v) is 4.58. The maximum absolute atomic E-state index is 13.4. The summed E-state index contributed by atoms with van der Waals surface area (Å²) in [5, 5.41) is 14.3. The van der Waals surface area contributed by atoms with E-state index in [-0.39, 0.29) is 5.82 Å². The van der Waals surface area contributed by atoms with Crippen LogP contribution in [0.5, 0.6) is 0 Å². The number of aryl methyl sites for hydroxylation is 1. The van der Waals surface area contributed by atoms with Gasteiger partial charge in [-0.3, -0.25) is 0 Å². The Hall–Kier alpha value is -3.24. The first-order valence-electron chi connectivity index (χ1n) is 10.8. The van der Waals surface area contributed by atoms with Crippen LogP contribution in [0.15, 0.2) is 47.2 Å². The standard InChI is InChI=1S/C24H24FN5O/c25-19-4-5-20-23(14-19)31-28-24(20)18-7-11-29(12-8-18)9-1-2-10-30-16-27-21-6-3-17(15-26)13-22(21)30/h3-6,13-14,16,18H,1-2,7-12H2. The fourth-order valence-electron chi connectivity index (χ4n) is 4.58. The molecular formula is C24H24FN5O. The minimum Gasteiger partial charge on any atom is -0.356 e. The lowest BCUT2D eigenvalue weighted by molar-refractivity contribution is 0.205. The molecule has 1 fully saturated rings. The van der Waals surface area contributed by atoms with Crippen LogP contribution in [0, 0.1) is 17.1 Å². The Kier molecular flexibility index (Phi) is 5.39. The molecule has 0 N–H and O–H groups in total. The molecule has 2 aromatic carbocycles. The summed E-state index contributed by atoms with van der Waals surface area (Å²) in [5.74, 6) is 0.0776. The van der Waals surface area contributed by atoms with Gasteiger partial charge in [0, 0.05) is 23.9 Å². The highest BCUT2D eigenvalue weighted by molar-refractivity contribution is 5.80. The lowest BCUT2D eigenvalue weighted by atomic mass is 9.91. The van der Waals surface area contributed by atoms with Crippen molar-refractivity contribution in [3.63, 3.8) is 0 Å². The third kappa shape index (κ3) is 4.04. The molecule has 3 heterocycles. The van der Waals surface area contributed by atoms with Crippen molar-refractivity contribution >= 4 is 22.0 Å². The zero-order chi connectivity index (χ0) is 21.2. The number of likely N-dealkylation sites (tertiary alicyclic amines) is 1. The molecule has 0 aliphatic carbocycles. The number of unbranched alkanes of at least 4 members (excludes halogenated alkanes) is 1. The molecule has 0 unspecified atom stereocenters. The molecule has 0 saturated carbocycles. The van der Waals surface area contributed by atoms with Gasteiger partial charge in [0.25, 0.3) is 0 Å². The topological polar surface area (TPSA) is 70.9 Å². The van der Waals surface area contributed by atoms with Gasteiger partial charge in [-0.15, -0.1) is 0 Å². The Morgan fingerprint density at radius 3 is 2.77 bits per heavy atom. The van der Waals surface area contributed by atoms with Gasteiger partial charge < -0.3 is 14.0 Å². The quantitative estimate of drug-likeness (QED) is 0.420. The first kappa shape index (κ1) is 19.7. The molecule has 0 radical (unpaired) electrons. The lowest BCUT2D eigenvalue weighted by Crippen LogP contribution is -2.33. The van der Waals surface area contributed by atoms with Crippen LogP contribution in [0.2, 0.25) is 0 Å². The van der Waals surface area contributed by atoms with E-state index >= 15 is 0 Å². The number of imidazole rings is 1. The van der Waals surface area contributed by atoms with Crippen LogP contribution in [0.4, 0.5) is 4.39 Å².